The van der Waals surface area contributed by atoms with Crippen LogP contribution >= 0.6 is 0 Å². The second-order valence-corrected chi connectivity index (χ2v) is 14.8. The first-order valence-electron chi connectivity index (χ1n) is 16.2. The lowest BCUT2D eigenvalue weighted by atomic mass is 9.43. The first kappa shape index (κ1) is 28.5. The Morgan fingerprint density at radius 2 is 1.62 bits per heavy atom. The van der Waals surface area contributed by atoms with E-state index in [1.807, 2.05) is 17.0 Å². The minimum Gasteiger partial charge on any atom is -0.393 e. The largest absolute Gasteiger partial charge is 0.393 e. The molecule has 5 fully saturated rings. The summed E-state index contributed by atoms with van der Waals surface area (Å²) in [4.78, 5) is 17.5. The van der Waals surface area contributed by atoms with E-state index in [4.69, 9.17) is 0 Å². The lowest BCUT2D eigenvalue weighted by molar-refractivity contribution is -0.174. The van der Waals surface area contributed by atoms with Gasteiger partial charge in [-0.2, -0.15) is 0 Å². The second kappa shape index (κ2) is 10.9. The van der Waals surface area contributed by atoms with Crippen LogP contribution in [-0.2, 0) is 4.79 Å². The molecule has 1 saturated heterocycles. The summed E-state index contributed by atoms with van der Waals surface area (Å²) in [6.45, 7) is 10.4. The molecule has 40 heavy (non-hydrogen) atoms. The molecule has 1 aliphatic heterocycles. The van der Waals surface area contributed by atoms with Crippen molar-refractivity contribution in [1.82, 2.24) is 4.90 Å². The molecule has 10 unspecified atom stereocenters. The number of anilines is 1. The number of carbonyl (C=O) groups excluding carboxylic acids is 1. The highest BCUT2D eigenvalue weighted by atomic mass is 19.1. The number of rotatable bonds is 5. The van der Waals surface area contributed by atoms with Crippen LogP contribution in [0.15, 0.2) is 24.3 Å². The number of piperazine rings is 1. The normalized spacial score (nSPS) is 42.1. The molecular weight excluding hydrogens is 503 g/mol. The first-order chi connectivity index (χ1) is 19.1. The van der Waals surface area contributed by atoms with Gasteiger partial charge >= 0.3 is 0 Å². The fraction of sp³-hybridized carbons (Fsp3) is 0.794. The molecule has 222 valence electrons. The van der Waals surface area contributed by atoms with E-state index in [9.17, 15) is 19.4 Å². The van der Waals surface area contributed by atoms with Gasteiger partial charge in [0.2, 0.25) is 5.91 Å². The van der Waals surface area contributed by atoms with E-state index in [0.29, 0.717) is 41.9 Å². The third kappa shape index (κ3) is 4.89. The molecule has 0 aromatic heterocycles. The van der Waals surface area contributed by atoms with E-state index < -0.39 is 0 Å². The summed E-state index contributed by atoms with van der Waals surface area (Å²) in [5, 5.41) is 21.9. The van der Waals surface area contributed by atoms with E-state index >= 15 is 0 Å². The highest BCUT2D eigenvalue weighted by Crippen LogP contribution is 2.68. The second-order valence-electron chi connectivity index (χ2n) is 14.8. The Morgan fingerprint density at radius 3 is 2.35 bits per heavy atom. The highest BCUT2D eigenvalue weighted by molar-refractivity contribution is 5.76. The number of nitrogens with zero attached hydrogens (tertiary/aromatic N) is 2. The summed E-state index contributed by atoms with van der Waals surface area (Å²) in [5.41, 5.74) is 1.54. The van der Waals surface area contributed by atoms with Crippen molar-refractivity contribution in [3.8, 4) is 0 Å². The Bertz CT molecular complexity index is 1060. The van der Waals surface area contributed by atoms with Crippen LogP contribution in [0.5, 0.6) is 0 Å². The molecule has 4 aliphatic carbocycles. The predicted octanol–water partition coefficient (Wildman–Crippen LogP) is 5.88. The van der Waals surface area contributed by atoms with Gasteiger partial charge in [0.05, 0.1) is 12.2 Å². The van der Waals surface area contributed by atoms with Gasteiger partial charge in [-0.25, -0.2) is 4.39 Å². The van der Waals surface area contributed by atoms with E-state index in [0.717, 1.165) is 64.0 Å². The molecule has 10 atom stereocenters. The minimum atomic E-state index is -0.234. The van der Waals surface area contributed by atoms with Crippen LogP contribution in [0.25, 0.3) is 0 Å². The third-order valence-electron chi connectivity index (χ3n) is 13.1. The van der Waals surface area contributed by atoms with Crippen molar-refractivity contribution in [3.63, 3.8) is 0 Å². The van der Waals surface area contributed by atoms with Crippen LogP contribution in [0.3, 0.4) is 0 Å². The summed E-state index contributed by atoms with van der Waals surface area (Å²) < 4.78 is 13.3. The van der Waals surface area contributed by atoms with Crippen molar-refractivity contribution < 1.29 is 19.4 Å². The molecule has 1 aromatic carbocycles. The standard InChI is InChI=1S/C34H51FN2O3/c1-22(4-11-31(40)37-18-16-36(17-19-37)25-7-5-24(35)6-8-25)27-9-10-28-32-29(13-15-34(27,28)3)33(2)14-12-26(38)20-23(33)21-30(32)39/h5-8,22-23,26-30,32,38-39H,4,9-21H2,1-3H3. The van der Waals surface area contributed by atoms with Crippen LogP contribution in [0.1, 0.15) is 85.0 Å². The minimum absolute atomic E-state index is 0.186. The van der Waals surface area contributed by atoms with Crippen LogP contribution in [0, 0.1) is 52.2 Å². The average molecular weight is 555 g/mol. The smallest absolute Gasteiger partial charge is 0.222 e. The number of hydrogen-bond donors (Lipinski definition) is 2. The summed E-state index contributed by atoms with van der Waals surface area (Å²) in [7, 11) is 0. The molecule has 0 spiro atoms. The van der Waals surface area contributed by atoms with Gasteiger partial charge in [0.1, 0.15) is 5.82 Å². The van der Waals surface area contributed by atoms with Gasteiger partial charge in [0.15, 0.2) is 0 Å². The fourth-order valence-corrected chi connectivity index (χ4v) is 10.8. The lowest BCUT2D eigenvalue weighted by Crippen LogP contribution is -2.58. The van der Waals surface area contributed by atoms with E-state index in [1.165, 1.54) is 37.8 Å². The molecule has 1 amide bonds. The number of benzene rings is 1. The number of carbonyl (C=O) groups is 1. The molecule has 4 saturated carbocycles. The molecule has 6 heteroatoms. The highest BCUT2D eigenvalue weighted by Gasteiger charge is 2.62. The monoisotopic (exact) mass is 554 g/mol. The molecule has 6 rings (SSSR count). The number of halogens is 1. The number of amides is 1. The van der Waals surface area contributed by atoms with Gasteiger partial charge in [-0.1, -0.05) is 20.8 Å². The maximum absolute atomic E-state index is 13.3. The molecule has 5 aliphatic rings. The Hall–Kier alpha value is -1.66. The van der Waals surface area contributed by atoms with Crippen LogP contribution in [0.2, 0.25) is 0 Å². The van der Waals surface area contributed by atoms with Crippen molar-refractivity contribution in [2.24, 2.45) is 46.3 Å². The summed E-state index contributed by atoms with van der Waals surface area (Å²) in [5.74, 6) is 3.19. The molecule has 5 nitrogen and oxygen atoms in total. The Morgan fingerprint density at radius 1 is 0.950 bits per heavy atom. The molecule has 0 radical (unpaired) electrons. The zero-order valence-corrected chi connectivity index (χ0v) is 24.9. The lowest BCUT2D eigenvalue weighted by Gasteiger charge is -2.62. The zero-order chi connectivity index (χ0) is 28.2. The Balaban J connectivity index is 1.04. The summed E-state index contributed by atoms with van der Waals surface area (Å²) in [6, 6.07) is 6.65. The number of aliphatic hydroxyl groups is 2. The van der Waals surface area contributed by atoms with Crippen LogP contribution < -0.4 is 4.90 Å². The first-order valence-corrected chi connectivity index (χ1v) is 16.2. The van der Waals surface area contributed by atoms with E-state index in [-0.39, 0.29) is 34.8 Å². The van der Waals surface area contributed by atoms with E-state index in [1.54, 1.807) is 0 Å². The molecular formula is C34H51FN2O3. The zero-order valence-electron chi connectivity index (χ0n) is 24.9. The Kier molecular flexibility index (Phi) is 7.74. The van der Waals surface area contributed by atoms with Gasteiger partial charge in [0.25, 0.3) is 0 Å². The predicted molar refractivity (Wildman–Crippen MR) is 156 cm³/mol. The van der Waals surface area contributed by atoms with Gasteiger partial charge in [-0.05, 0) is 128 Å². The maximum Gasteiger partial charge on any atom is 0.222 e. The Labute approximate surface area is 240 Å². The third-order valence-corrected chi connectivity index (χ3v) is 13.1. The van der Waals surface area contributed by atoms with E-state index in [2.05, 4.69) is 25.7 Å². The van der Waals surface area contributed by atoms with Gasteiger partial charge < -0.3 is 20.0 Å². The molecule has 2 N–H and O–H groups in total. The van der Waals surface area contributed by atoms with Gasteiger partial charge in [-0.3, -0.25) is 4.79 Å². The van der Waals surface area contributed by atoms with Crippen molar-refractivity contribution in [3.05, 3.63) is 30.1 Å². The number of hydrogen-bond acceptors (Lipinski definition) is 4. The quantitative estimate of drug-likeness (QED) is 0.477. The van der Waals surface area contributed by atoms with Crippen molar-refractivity contribution in [2.45, 2.75) is 97.2 Å². The number of aliphatic hydroxyl groups excluding tert-OH is 2. The molecule has 0 bridgehead atoms. The van der Waals surface area contributed by atoms with Crippen molar-refractivity contribution in [1.29, 1.82) is 0 Å². The average Bonchev–Trinajstić information content (AvgIpc) is 3.30. The fourth-order valence-electron chi connectivity index (χ4n) is 10.8. The summed E-state index contributed by atoms with van der Waals surface area (Å²) >= 11 is 0. The van der Waals surface area contributed by atoms with Gasteiger partial charge in [-0.15, -0.1) is 0 Å². The van der Waals surface area contributed by atoms with Crippen LogP contribution in [-0.4, -0.2) is 59.4 Å². The maximum atomic E-state index is 13.3. The summed E-state index contributed by atoms with van der Waals surface area (Å²) in [6.07, 6.45) is 9.79. The van der Waals surface area contributed by atoms with Gasteiger partial charge in [0, 0.05) is 38.3 Å². The molecule has 1 heterocycles. The van der Waals surface area contributed by atoms with Crippen LogP contribution in [0.4, 0.5) is 10.1 Å². The number of fused-ring (bicyclic) bond motifs is 5. The topological polar surface area (TPSA) is 64.0 Å². The van der Waals surface area contributed by atoms with Crippen molar-refractivity contribution >= 4 is 11.6 Å². The SMILES string of the molecule is CC(CCC(=O)N1CCN(c2ccc(F)cc2)CC1)C1CCC2C3C(O)CC4CC(O)CCC4(C)C3CCC12C. The molecule has 1 aromatic rings. The van der Waals surface area contributed by atoms with Crippen molar-refractivity contribution in [2.75, 3.05) is 31.1 Å².